The molecule has 1 aromatic heterocycles. The molecule has 1 heteroatoms. The monoisotopic (exact) mass is 356 g/mol. The minimum Gasteiger partial charge on any atom is -0.195 e. The van der Waals surface area contributed by atoms with Crippen molar-refractivity contribution in [3.05, 3.63) is 78.1 Å². The first-order valence-corrected chi connectivity index (χ1v) is 10.6. The van der Waals surface area contributed by atoms with E-state index in [9.17, 15) is 0 Å². The fourth-order valence-electron chi connectivity index (χ4n) is 6.45. The first-order valence-electron chi connectivity index (χ1n) is 10.6. The molecule has 1 aromatic carbocycles. The summed E-state index contributed by atoms with van der Waals surface area (Å²) in [4.78, 5) is 0. The topological polar surface area (TPSA) is 3.88 Å². The first kappa shape index (κ1) is 17.0. The predicted octanol–water partition coefficient (Wildman–Crippen LogP) is 5.92. The standard InChI is InChI=1S/C26H30N/c1-20(26-16-22-13-23(17-26)15-24(14-22)18-26)19-27-12-6-5-9-25(27)11-10-21-7-3-2-4-8-21/h2-12,22-24H,1,13-19H2/q+1/b11-10+. The van der Waals surface area contributed by atoms with Gasteiger partial charge in [0.25, 0.3) is 0 Å². The number of aromatic nitrogens is 1. The van der Waals surface area contributed by atoms with Crippen LogP contribution in [0.3, 0.4) is 0 Å². The smallest absolute Gasteiger partial charge is 0.195 e. The van der Waals surface area contributed by atoms with Gasteiger partial charge in [0.15, 0.2) is 12.7 Å². The van der Waals surface area contributed by atoms with Crippen LogP contribution < -0.4 is 4.57 Å². The van der Waals surface area contributed by atoms with Crippen molar-refractivity contribution in [1.29, 1.82) is 0 Å². The fourth-order valence-corrected chi connectivity index (χ4v) is 6.45. The van der Waals surface area contributed by atoms with Gasteiger partial charge in [-0.25, -0.2) is 0 Å². The summed E-state index contributed by atoms with van der Waals surface area (Å²) < 4.78 is 2.39. The molecular formula is C26H30N+. The normalized spacial score (nSPS) is 31.5. The molecule has 0 N–H and O–H groups in total. The molecule has 0 radical (unpaired) electrons. The van der Waals surface area contributed by atoms with Crippen molar-refractivity contribution in [3.63, 3.8) is 0 Å². The van der Waals surface area contributed by atoms with Crippen LogP contribution in [0.2, 0.25) is 0 Å². The maximum atomic E-state index is 4.65. The van der Waals surface area contributed by atoms with E-state index in [0.717, 1.165) is 24.3 Å². The molecule has 0 amide bonds. The van der Waals surface area contributed by atoms with Gasteiger partial charge >= 0.3 is 0 Å². The molecule has 138 valence electrons. The fraction of sp³-hybridized carbons (Fsp3) is 0.423. The van der Waals surface area contributed by atoms with Gasteiger partial charge in [0, 0.05) is 18.2 Å². The van der Waals surface area contributed by atoms with Gasteiger partial charge in [-0.15, -0.1) is 0 Å². The van der Waals surface area contributed by atoms with Crippen LogP contribution in [0.5, 0.6) is 0 Å². The third-order valence-electron chi connectivity index (χ3n) is 7.37. The van der Waals surface area contributed by atoms with Crippen molar-refractivity contribution in [1.82, 2.24) is 0 Å². The summed E-state index contributed by atoms with van der Waals surface area (Å²) >= 11 is 0. The second kappa shape index (κ2) is 6.78. The van der Waals surface area contributed by atoms with Gasteiger partial charge in [-0.1, -0.05) is 36.9 Å². The lowest BCUT2D eigenvalue weighted by atomic mass is 9.48. The first-order chi connectivity index (χ1) is 13.2. The summed E-state index contributed by atoms with van der Waals surface area (Å²) in [6.45, 7) is 5.61. The quantitative estimate of drug-likeness (QED) is 0.463. The van der Waals surface area contributed by atoms with Crippen molar-refractivity contribution in [2.75, 3.05) is 0 Å². The van der Waals surface area contributed by atoms with Crippen LogP contribution in [-0.2, 0) is 6.54 Å². The van der Waals surface area contributed by atoms with E-state index in [1.165, 1.54) is 55.4 Å². The van der Waals surface area contributed by atoms with Gasteiger partial charge in [-0.05, 0) is 85.0 Å². The van der Waals surface area contributed by atoms with Crippen LogP contribution in [-0.4, -0.2) is 0 Å². The van der Waals surface area contributed by atoms with Crippen molar-refractivity contribution >= 4 is 12.2 Å². The summed E-state index contributed by atoms with van der Waals surface area (Å²) in [5.74, 6) is 2.93. The van der Waals surface area contributed by atoms with E-state index in [2.05, 4.69) is 78.0 Å². The van der Waals surface area contributed by atoms with Gasteiger partial charge in [0.2, 0.25) is 5.69 Å². The summed E-state index contributed by atoms with van der Waals surface area (Å²) in [6.07, 6.45) is 15.4. The third kappa shape index (κ3) is 3.29. The summed E-state index contributed by atoms with van der Waals surface area (Å²) in [5, 5.41) is 0. The van der Waals surface area contributed by atoms with E-state index in [-0.39, 0.29) is 0 Å². The Bertz CT molecular complexity index is 826. The zero-order valence-electron chi connectivity index (χ0n) is 16.2. The minimum atomic E-state index is 0.429. The zero-order valence-corrected chi connectivity index (χ0v) is 16.2. The van der Waals surface area contributed by atoms with Crippen molar-refractivity contribution < 1.29 is 4.57 Å². The number of benzene rings is 1. The lowest BCUT2D eigenvalue weighted by Gasteiger charge is -2.57. The Hall–Kier alpha value is -2.15. The van der Waals surface area contributed by atoms with Gasteiger partial charge in [-0.3, -0.25) is 0 Å². The number of hydrogen-bond acceptors (Lipinski definition) is 0. The molecule has 0 atom stereocenters. The van der Waals surface area contributed by atoms with Gasteiger partial charge < -0.3 is 0 Å². The SMILES string of the molecule is C=C(C[n+]1ccccc1/C=C/c1ccccc1)C12CC3CC(CC(C3)C1)C2. The molecule has 4 fully saturated rings. The molecule has 1 heterocycles. The molecule has 27 heavy (non-hydrogen) atoms. The number of allylic oxidation sites excluding steroid dienone is 1. The molecule has 4 saturated carbocycles. The Kier molecular flexibility index (Phi) is 4.27. The number of rotatable bonds is 5. The zero-order chi connectivity index (χ0) is 18.3. The molecule has 4 aliphatic carbocycles. The van der Waals surface area contributed by atoms with Crippen LogP contribution in [0.4, 0.5) is 0 Å². The Morgan fingerprint density at radius 3 is 2.19 bits per heavy atom. The van der Waals surface area contributed by atoms with Crippen molar-refractivity contribution in [2.24, 2.45) is 23.2 Å². The lowest BCUT2D eigenvalue weighted by molar-refractivity contribution is -0.691. The largest absolute Gasteiger partial charge is 0.205 e. The Morgan fingerprint density at radius 2 is 1.52 bits per heavy atom. The number of nitrogens with zero attached hydrogens (tertiary/aromatic N) is 1. The minimum absolute atomic E-state index is 0.429. The molecule has 0 unspecified atom stereocenters. The molecule has 4 bridgehead atoms. The van der Waals surface area contributed by atoms with Crippen molar-refractivity contribution in [3.8, 4) is 0 Å². The highest BCUT2D eigenvalue weighted by atomic mass is 15.0. The molecule has 6 rings (SSSR count). The number of hydrogen-bond donors (Lipinski definition) is 0. The van der Waals surface area contributed by atoms with Crippen LogP contribution >= 0.6 is 0 Å². The Labute approximate surface area is 163 Å². The molecule has 4 aliphatic rings. The summed E-state index contributed by atoms with van der Waals surface area (Å²) in [7, 11) is 0. The van der Waals surface area contributed by atoms with Gasteiger partial charge in [0.1, 0.15) is 0 Å². The van der Waals surface area contributed by atoms with Gasteiger partial charge in [0.05, 0.1) is 0 Å². The molecule has 2 aromatic rings. The lowest BCUT2D eigenvalue weighted by Crippen LogP contribution is -2.49. The highest BCUT2D eigenvalue weighted by Gasteiger charge is 2.52. The van der Waals surface area contributed by atoms with Crippen molar-refractivity contribution in [2.45, 2.75) is 45.1 Å². The average Bonchev–Trinajstić information content (AvgIpc) is 2.67. The number of pyridine rings is 1. The molecule has 0 aliphatic heterocycles. The van der Waals surface area contributed by atoms with Crippen LogP contribution in [0.1, 0.15) is 49.8 Å². The Morgan fingerprint density at radius 1 is 0.889 bits per heavy atom. The molecular weight excluding hydrogens is 326 g/mol. The molecule has 0 spiro atoms. The predicted molar refractivity (Wildman–Crippen MR) is 112 cm³/mol. The van der Waals surface area contributed by atoms with E-state index in [1.807, 2.05) is 0 Å². The Balaban J connectivity index is 1.37. The van der Waals surface area contributed by atoms with Gasteiger partial charge in [-0.2, -0.15) is 4.57 Å². The van der Waals surface area contributed by atoms with Crippen LogP contribution in [0.25, 0.3) is 12.2 Å². The highest BCUT2D eigenvalue weighted by Crippen LogP contribution is 2.62. The van der Waals surface area contributed by atoms with E-state index in [1.54, 1.807) is 0 Å². The second-order valence-electron chi connectivity index (χ2n) is 9.30. The van der Waals surface area contributed by atoms with Crippen LogP contribution in [0.15, 0.2) is 66.9 Å². The third-order valence-corrected chi connectivity index (χ3v) is 7.37. The maximum absolute atomic E-state index is 4.65. The van der Waals surface area contributed by atoms with E-state index >= 15 is 0 Å². The highest BCUT2D eigenvalue weighted by molar-refractivity contribution is 5.66. The van der Waals surface area contributed by atoms with E-state index < -0.39 is 0 Å². The second-order valence-corrected chi connectivity index (χ2v) is 9.30. The molecule has 1 nitrogen and oxygen atoms in total. The van der Waals surface area contributed by atoms with E-state index in [4.69, 9.17) is 0 Å². The summed E-state index contributed by atoms with van der Waals surface area (Å²) in [6, 6.07) is 17.0. The van der Waals surface area contributed by atoms with Crippen LogP contribution in [0, 0.1) is 23.2 Å². The molecule has 0 saturated heterocycles. The summed E-state index contributed by atoms with van der Waals surface area (Å²) in [5.41, 5.74) is 4.41. The van der Waals surface area contributed by atoms with E-state index in [0.29, 0.717) is 5.41 Å². The average molecular weight is 357 g/mol. The maximum Gasteiger partial charge on any atom is 0.205 e.